The first kappa shape index (κ1) is 13.6. The van der Waals surface area contributed by atoms with Crippen molar-refractivity contribution in [3.63, 3.8) is 0 Å². The number of hydrogen-bond donors (Lipinski definition) is 2. The minimum atomic E-state index is 0.419. The van der Waals surface area contributed by atoms with Crippen molar-refractivity contribution in [3.8, 4) is 0 Å². The van der Waals surface area contributed by atoms with Crippen LogP contribution in [0.3, 0.4) is 0 Å². The molecule has 0 aromatic heterocycles. The molecule has 0 radical (unpaired) electrons. The van der Waals surface area contributed by atoms with Crippen molar-refractivity contribution >= 4 is 34.5 Å². The van der Waals surface area contributed by atoms with Gasteiger partial charge in [0.05, 0.1) is 0 Å². The molecule has 1 aliphatic rings. The lowest BCUT2D eigenvalue weighted by Gasteiger charge is -2.20. The minimum absolute atomic E-state index is 0.419. The van der Waals surface area contributed by atoms with Crippen LogP contribution in [0.1, 0.15) is 44.1 Å². The van der Waals surface area contributed by atoms with Gasteiger partial charge in [0.1, 0.15) is 4.99 Å². The van der Waals surface area contributed by atoms with E-state index in [9.17, 15) is 0 Å². The average molecular weight is 283 g/mol. The molecular weight excluding hydrogens is 264 g/mol. The number of rotatable bonds is 3. The van der Waals surface area contributed by atoms with Gasteiger partial charge < -0.3 is 11.1 Å². The van der Waals surface area contributed by atoms with Crippen molar-refractivity contribution in [1.82, 2.24) is 0 Å². The van der Waals surface area contributed by atoms with E-state index in [0.717, 1.165) is 11.3 Å². The summed E-state index contributed by atoms with van der Waals surface area (Å²) in [5.74, 6) is 0. The summed E-state index contributed by atoms with van der Waals surface area (Å²) >= 11 is 11.1. The van der Waals surface area contributed by atoms with Gasteiger partial charge in [-0.3, -0.25) is 0 Å². The third kappa shape index (κ3) is 3.59. The van der Waals surface area contributed by atoms with E-state index in [1.807, 2.05) is 18.2 Å². The zero-order chi connectivity index (χ0) is 13.0. The highest BCUT2D eigenvalue weighted by atomic mass is 35.5. The van der Waals surface area contributed by atoms with Crippen molar-refractivity contribution in [2.45, 2.75) is 44.6 Å². The molecule has 1 fully saturated rings. The Morgan fingerprint density at radius 3 is 2.50 bits per heavy atom. The smallest absolute Gasteiger partial charge is 0.106 e. The molecule has 2 nitrogen and oxygen atoms in total. The lowest BCUT2D eigenvalue weighted by atomic mass is 10.1. The van der Waals surface area contributed by atoms with Gasteiger partial charge in [0, 0.05) is 22.3 Å². The maximum Gasteiger partial charge on any atom is 0.106 e. The number of thiocarbonyl (C=S) groups is 1. The normalized spacial score (nSPS) is 17.2. The van der Waals surface area contributed by atoms with Crippen LogP contribution in [0.4, 0.5) is 5.69 Å². The van der Waals surface area contributed by atoms with E-state index in [0.29, 0.717) is 16.1 Å². The maximum atomic E-state index is 6.05. The van der Waals surface area contributed by atoms with Gasteiger partial charge in [0.2, 0.25) is 0 Å². The zero-order valence-corrected chi connectivity index (χ0v) is 12.0. The highest BCUT2D eigenvalue weighted by molar-refractivity contribution is 7.80. The molecular formula is C14H19ClN2S. The second-order valence-corrected chi connectivity index (χ2v) is 5.76. The first-order valence-corrected chi connectivity index (χ1v) is 7.31. The lowest BCUT2D eigenvalue weighted by molar-refractivity contribution is 0.620. The van der Waals surface area contributed by atoms with Gasteiger partial charge in [-0.15, -0.1) is 0 Å². The van der Waals surface area contributed by atoms with Crippen LogP contribution in [0.25, 0.3) is 0 Å². The minimum Gasteiger partial charge on any atom is -0.389 e. The van der Waals surface area contributed by atoms with E-state index in [-0.39, 0.29) is 0 Å². The summed E-state index contributed by atoms with van der Waals surface area (Å²) < 4.78 is 0. The van der Waals surface area contributed by atoms with E-state index in [1.54, 1.807) is 0 Å². The SMILES string of the molecule is NC(=S)c1ccc(Cl)cc1NC1CCCCCC1. The third-order valence-corrected chi connectivity index (χ3v) is 3.92. The second-order valence-electron chi connectivity index (χ2n) is 4.89. The molecule has 1 aromatic carbocycles. The highest BCUT2D eigenvalue weighted by Gasteiger charge is 2.14. The Morgan fingerprint density at radius 2 is 1.89 bits per heavy atom. The zero-order valence-electron chi connectivity index (χ0n) is 10.4. The average Bonchev–Trinajstić information content (AvgIpc) is 2.57. The van der Waals surface area contributed by atoms with Crippen molar-refractivity contribution in [3.05, 3.63) is 28.8 Å². The largest absolute Gasteiger partial charge is 0.389 e. The molecule has 0 heterocycles. The Kier molecular flexibility index (Phi) is 4.84. The molecule has 0 unspecified atom stereocenters. The van der Waals surface area contributed by atoms with Crippen molar-refractivity contribution in [2.75, 3.05) is 5.32 Å². The second kappa shape index (κ2) is 6.39. The molecule has 18 heavy (non-hydrogen) atoms. The predicted octanol–water partition coefficient (Wildman–Crippen LogP) is 4.11. The quantitative estimate of drug-likeness (QED) is 0.647. The third-order valence-electron chi connectivity index (χ3n) is 3.46. The molecule has 98 valence electrons. The molecule has 0 bridgehead atoms. The molecule has 3 N–H and O–H groups in total. The van der Waals surface area contributed by atoms with E-state index in [4.69, 9.17) is 29.6 Å². The summed E-state index contributed by atoms with van der Waals surface area (Å²) in [5.41, 5.74) is 7.61. The first-order valence-electron chi connectivity index (χ1n) is 6.52. The number of nitrogens with one attached hydrogen (secondary N) is 1. The molecule has 1 aromatic rings. The molecule has 0 aliphatic heterocycles. The Hall–Kier alpha value is -0.800. The summed E-state index contributed by atoms with van der Waals surface area (Å²) in [6.07, 6.45) is 7.69. The Balaban J connectivity index is 2.15. The van der Waals surface area contributed by atoms with Gasteiger partial charge in [-0.05, 0) is 31.0 Å². The van der Waals surface area contributed by atoms with E-state index >= 15 is 0 Å². The van der Waals surface area contributed by atoms with Crippen LogP contribution >= 0.6 is 23.8 Å². The fourth-order valence-corrected chi connectivity index (χ4v) is 2.84. The first-order chi connectivity index (χ1) is 8.66. The fourth-order valence-electron chi connectivity index (χ4n) is 2.49. The molecule has 1 saturated carbocycles. The van der Waals surface area contributed by atoms with Gasteiger partial charge in [0.15, 0.2) is 0 Å². The summed E-state index contributed by atoms with van der Waals surface area (Å²) in [6.45, 7) is 0. The molecule has 0 atom stereocenters. The van der Waals surface area contributed by atoms with Gasteiger partial charge in [0.25, 0.3) is 0 Å². The summed E-state index contributed by atoms with van der Waals surface area (Å²) in [6, 6.07) is 6.15. The highest BCUT2D eigenvalue weighted by Crippen LogP contribution is 2.25. The Labute approximate surface area is 119 Å². The van der Waals surface area contributed by atoms with Gasteiger partial charge in [-0.25, -0.2) is 0 Å². The predicted molar refractivity (Wildman–Crippen MR) is 82.5 cm³/mol. The standard InChI is InChI=1S/C14H19ClN2S/c15-10-7-8-12(14(16)18)13(9-10)17-11-5-3-1-2-4-6-11/h7-9,11,17H,1-6H2,(H2,16,18). The van der Waals surface area contributed by atoms with Crippen LogP contribution in [0.5, 0.6) is 0 Å². The maximum absolute atomic E-state index is 6.05. The van der Waals surface area contributed by atoms with Gasteiger partial charge in [-0.2, -0.15) is 0 Å². The Morgan fingerprint density at radius 1 is 1.22 bits per heavy atom. The van der Waals surface area contributed by atoms with Crippen LogP contribution in [0, 0.1) is 0 Å². The molecule has 0 amide bonds. The van der Waals surface area contributed by atoms with Crippen LogP contribution in [-0.2, 0) is 0 Å². The molecule has 1 aliphatic carbocycles. The lowest BCUT2D eigenvalue weighted by Crippen LogP contribution is -2.21. The fraction of sp³-hybridized carbons (Fsp3) is 0.500. The van der Waals surface area contributed by atoms with Crippen LogP contribution < -0.4 is 11.1 Å². The number of anilines is 1. The number of nitrogens with two attached hydrogens (primary N) is 1. The number of benzene rings is 1. The number of halogens is 1. The Bertz CT molecular complexity index is 426. The molecule has 0 spiro atoms. The number of hydrogen-bond acceptors (Lipinski definition) is 2. The van der Waals surface area contributed by atoms with Crippen molar-refractivity contribution < 1.29 is 0 Å². The summed E-state index contributed by atoms with van der Waals surface area (Å²) in [7, 11) is 0. The van der Waals surface area contributed by atoms with Crippen molar-refractivity contribution in [1.29, 1.82) is 0 Å². The van der Waals surface area contributed by atoms with Crippen LogP contribution in [0.15, 0.2) is 18.2 Å². The molecule has 0 saturated heterocycles. The summed E-state index contributed by atoms with van der Waals surface area (Å²) in [5, 5.41) is 4.27. The molecule has 4 heteroatoms. The van der Waals surface area contributed by atoms with E-state index in [1.165, 1.54) is 38.5 Å². The van der Waals surface area contributed by atoms with E-state index < -0.39 is 0 Å². The van der Waals surface area contributed by atoms with Gasteiger partial charge >= 0.3 is 0 Å². The monoisotopic (exact) mass is 282 g/mol. The van der Waals surface area contributed by atoms with E-state index in [2.05, 4.69) is 5.32 Å². The van der Waals surface area contributed by atoms with Crippen LogP contribution in [0.2, 0.25) is 5.02 Å². The molecule has 2 rings (SSSR count). The topological polar surface area (TPSA) is 38.0 Å². The summed E-state index contributed by atoms with van der Waals surface area (Å²) in [4.78, 5) is 0.419. The van der Waals surface area contributed by atoms with Crippen LogP contribution in [-0.4, -0.2) is 11.0 Å². The van der Waals surface area contributed by atoms with Gasteiger partial charge in [-0.1, -0.05) is 49.5 Å². The van der Waals surface area contributed by atoms with Crippen molar-refractivity contribution in [2.24, 2.45) is 5.73 Å².